The lowest BCUT2D eigenvalue weighted by Crippen LogP contribution is -2.52. The number of hydrogen-bond donors (Lipinski definition) is 1. The molecule has 3 rings (SSSR count). The summed E-state index contributed by atoms with van der Waals surface area (Å²) in [7, 11) is 0. The summed E-state index contributed by atoms with van der Waals surface area (Å²) < 4.78 is 42.3. The minimum absolute atomic E-state index is 0.284. The van der Waals surface area contributed by atoms with Gasteiger partial charge in [0.25, 0.3) is 0 Å². The minimum Gasteiger partial charge on any atom is -0.598 e. The van der Waals surface area contributed by atoms with E-state index in [-0.39, 0.29) is 18.6 Å². The van der Waals surface area contributed by atoms with Gasteiger partial charge < -0.3 is 14.0 Å². The van der Waals surface area contributed by atoms with E-state index in [1.807, 2.05) is 45.0 Å². The van der Waals surface area contributed by atoms with Gasteiger partial charge in [0, 0.05) is 43.0 Å². The molecule has 0 aromatic heterocycles. The Morgan fingerprint density at radius 2 is 1.92 bits per heavy atom. The highest BCUT2D eigenvalue weighted by Gasteiger charge is 2.50. The smallest absolute Gasteiger partial charge is 0.136 e. The molecule has 134 valence electrons. The Bertz CT molecular complexity index is 572. The summed E-state index contributed by atoms with van der Waals surface area (Å²) in [5.41, 5.74) is -0.485. The number of para-hydroxylation sites is 1. The lowest BCUT2D eigenvalue weighted by atomic mass is 9.76. The highest BCUT2D eigenvalue weighted by atomic mass is 32.2. The monoisotopic (exact) mass is 355 g/mol. The number of ether oxygens (including phenoxy) is 2. The van der Waals surface area contributed by atoms with Crippen LogP contribution in [0.3, 0.4) is 0 Å². The van der Waals surface area contributed by atoms with Gasteiger partial charge in [0.1, 0.15) is 16.2 Å². The molecular weight excluding hydrogens is 329 g/mol. The molecule has 0 spiro atoms. The molecule has 3 atom stereocenters. The van der Waals surface area contributed by atoms with Crippen molar-refractivity contribution in [2.24, 2.45) is 5.92 Å². The van der Waals surface area contributed by atoms with E-state index in [9.17, 15) is 4.55 Å². The van der Waals surface area contributed by atoms with Crippen LogP contribution in [-0.2, 0) is 16.1 Å². The normalized spacial score (nSPS) is 27.9. The summed E-state index contributed by atoms with van der Waals surface area (Å²) in [5.74, 6) is 0.357. The van der Waals surface area contributed by atoms with Crippen molar-refractivity contribution < 1.29 is 18.4 Å². The predicted octanol–water partition coefficient (Wildman–Crippen LogP) is 3.31. The second kappa shape index (κ2) is 6.83. The zero-order chi connectivity index (χ0) is 17.4. The van der Waals surface area contributed by atoms with Crippen molar-refractivity contribution in [3.63, 3.8) is 0 Å². The van der Waals surface area contributed by atoms with Crippen molar-refractivity contribution in [2.75, 3.05) is 19.8 Å². The number of fused-ring (bicyclic) bond motifs is 1. The molecule has 1 aromatic rings. The Hall–Kier alpha value is -0.820. The number of nitrogens with one attached hydrogen (secondary N) is 1. The molecular formula is C18H26FNO3S. The van der Waals surface area contributed by atoms with Gasteiger partial charge in [0.05, 0.1) is 18.6 Å². The molecule has 24 heavy (non-hydrogen) atoms. The topological polar surface area (TPSA) is 53.5 Å². The standard InChI is InChI=1S/C18H26FNO3S/c1-17(2,3)24(21)20-16-13-6-4-5-7-15(13)23-12-14(16)18(19)8-10-22-11-9-18/h4-7,14,16,20H,8-12H2,1-3H3/t14-,16-,24-/m0/s1. The minimum atomic E-state index is -1.37. The van der Waals surface area contributed by atoms with Crippen LogP contribution in [0.15, 0.2) is 24.3 Å². The van der Waals surface area contributed by atoms with Crippen molar-refractivity contribution in [1.82, 2.24) is 4.72 Å². The molecule has 1 aromatic carbocycles. The Labute approximate surface area is 146 Å². The molecule has 1 N–H and O–H groups in total. The third-order valence-electron chi connectivity index (χ3n) is 4.85. The average Bonchev–Trinajstić information content (AvgIpc) is 2.54. The summed E-state index contributed by atoms with van der Waals surface area (Å²) in [6.07, 6.45) is 0.701. The van der Waals surface area contributed by atoms with Gasteiger partial charge in [-0.1, -0.05) is 18.2 Å². The van der Waals surface area contributed by atoms with E-state index in [2.05, 4.69) is 4.72 Å². The largest absolute Gasteiger partial charge is 0.598 e. The van der Waals surface area contributed by atoms with E-state index < -0.39 is 21.8 Å². The van der Waals surface area contributed by atoms with Crippen LogP contribution < -0.4 is 9.46 Å². The lowest BCUT2D eigenvalue weighted by Gasteiger charge is -2.44. The molecule has 0 bridgehead atoms. The summed E-state index contributed by atoms with van der Waals surface area (Å²) >= 11 is -1.29. The molecule has 0 unspecified atom stereocenters. The van der Waals surface area contributed by atoms with E-state index in [0.717, 1.165) is 11.3 Å². The van der Waals surface area contributed by atoms with Gasteiger partial charge in [0.15, 0.2) is 0 Å². The quantitative estimate of drug-likeness (QED) is 0.845. The third kappa shape index (κ3) is 3.57. The van der Waals surface area contributed by atoms with Crippen molar-refractivity contribution in [1.29, 1.82) is 0 Å². The summed E-state index contributed by atoms with van der Waals surface area (Å²) in [4.78, 5) is 0. The third-order valence-corrected chi connectivity index (χ3v) is 6.43. The second-order valence-corrected chi connectivity index (χ2v) is 9.58. The van der Waals surface area contributed by atoms with Gasteiger partial charge in [-0.25, -0.2) is 4.39 Å². The molecule has 2 heterocycles. The maximum atomic E-state index is 15.7. The van der Waals surface area contributed by atoms with E-state index in [0.29, 0.717) is 26.1 Å². The maximum absolute atomic E-state index is 15.7. The molecule has 4 nitrogen and oxygen atoms in total. The number of hydrogen-bond acceptors (Lipinski definition) is 4. The first-order valence-electron chi connectivity index (χ1n) is 8.48. The molecule has 1 fully saturated rings. The molecule has 1 saturated heterocycles. The first-order valence-corrected chi connectivity index (χ1v) is 9.63. The van der Waals surface area contributed by atoms with E-state index >= 15 is 4.39 Å². The van der Waals surface area contributed by atoms with Crippen molar-refractivity contribution >= 4 is 11.4 Å². The molecule has 6 heteroatoms. The van der Waals surface area contributed by atoms with Crippen molar-refractivity contribution in [3.8, 4) is 5.75 Å². The number of alkyl halides is 1. The first-order chi connectivity index (χ1) is 11.3. The molecule has 0 radical (unpaired) electrons. The number of benzene rings is 1. The summed E-state index contributed by atoms with van der Waals surface area (Å²) in [5, 5.41) is 0. The highest BCUT2D eigenvalue weighted by molar-refractivity contribution is 7.90. The van der Waals surface area contributed by atoms with E-state index in [1.54, 1.807) is 0 Å². The van der Waals surface area contributed by atoms with Crippen LogP contribution in [0, 0.1) is 5.92 Å². The molecule has 2 aliphatic rings. The highest BCUT2D eigenvalue weighted by Crippen LogP contribution is 2.46. The zero-order valence-corrected chi connectivity index (χ0v) is 15.3. The van der Waals surface area contributed by atoms with Gasteiger partial charge in [-0.3, -0.25) is 0 Å². The fourth-order valence-electron chi connectivity index (χ4n) is 3.33. The average molecular weight is 355 g/mol. The SMILES string of the molecule is CC(C)(C)[S@+]([O-])N[C@H]1c2ccccc2OC[C@@H]1C1(F)CCOCC1. The van der Waals surface area contributed by atoms with Gasteiger partial charge >= 0.3 is 0 Å². The Balaban J connectivity index is 1.93. The zero-order valence-electron chi connectivity index (χ0n) is 14.5. The summed E-state index contributed by atoms with van der Waals surface area (Å²) in [6.45, 7) is 6.86. The van der Waals surface area contributed by atoms with Crippen LogP contribution in [0.4, 0.5) is 4.39 Å². The van der Waals surface area contributed by atoms with E-state index in [1.165, 1.54) is 0 Å². The Morgan fingerprint density at radius 3 is 2.58 bits per heavy atom. The van der Waals surface area contributed by atoms with Gasteiger partial charge in [-0.15, -0.1) is 4.72 Å². The molecule has 2 aliphatic heterocycles. The van der Waals surface area contributed by atoms with Crippen molar-refractivity contribution in [3.05, 3.63) is 29.8 Å². The van der Waals surface area contributed by atoms with Crippen LogP contribution in [0.5, 0.6) is 5.75 Å². The lowest BCUT2D eigenvalue weighted by molar-refractivity contribution is -0.0667. The fraction of sp³-hybridized carbons (Fsp3) is 0.667. The van der Waals surface area contributed by atoms with Crippen LogP contribution >= 0.6 is 0 Å². The van der Waals surface area contributed by atoms with Crippen LogP contribution in [-0.4, -0.2) is 34.8 Å². The molecule has 0 aliphatic carbocycles. The number of halogens is 1. The van der Waals surface area contributed by atoms with Gasteiger partial charge in [0.2, 0.25) is 0 Å². The maximum Gasteiger partial charge on any atom is 0.136 e. The van der Waals surface area contributed by atoms with E-state index in [4.69, 9.17) is 9.47 Å². The van der Waals surface area contributed by atoms with Crippen LogP contribution in [0.25, 0.3) is 0 Å². The van der Waals surface area contributed by atoms with Gasteiger partial charge in [-0.2, -0.15) is 0 Å². The second-order valence-electron chi connectivity index (χ2n) is 7.58. The molecule has 0 saturated carbocycles. The first kappa shape index (κ1) is 18.0. The Kier molecular flexibility index (Phi) is 5.12. The van der Waals surface area contributed by atoms with Crippen molar-refractivity contribution in [2.45, 2.75) is 50.1 Å². The fourth-order valence-corrected chi connectivity index (χ4v) is 4.20. The van der Waals surface area contributed by atoms with Crippen LogP contribution in [0.1, 0.15) is 45.2 Å². The van der Waals surface area contributed by atoms with Gasteiger partial charge in [-0.05, 0) is 26.8 Å². The van der Waals surface area contributed by atoms with Crippen LogP contribution in [0.2, 0.25) is 0 Å². The Morgan fingerprint density at radius 1 is 1.25 bits per heavy atom. The molecule has 0 amide bonds. The predicted molar refractivity (Wildman–Crippen MR) is 93.1 cm³/mol. The summed E-state index contributed by atoms with van der Waals surface area (Å²) in [6, 6.07) is 7.29. The number of rotatable bonds is 3.